The average molecular weight is 479 g/mol. The van der Waals surface area contributed by atoms with E-state index < -0.39 is 11.6 Å². The maximum Gasteiger partial charge on any atom is 0.274 e. The van der Waals surface area contributed by atoms with Gasteiger partial charge in [0.1, 0.15) is 11.6 Å². The molecule has 0 unspecified atom stereocenters. The van der Waals surface area contributed by atoms with Crippen molar-refractivity contribution in [2.75, 3.05) is 24.5 Å². The number of amides is 1. The van der Waals surface area contributed by atoms with Crippen LogP contribution in [0, 0.1) is 11.6 Å². The van der Waals surface area contributed by atoms with Gasteiger partial charge in [0, 0.05) is 43.0 Å². The van der Waals surface area contributed by atoms with Crippen molar-refractivity contribution in [3.8, 4) is 0 Å². The summed E-state index contributed by atoms with van der Waals surface area (Å²) in [7, 11) is 0. The second-order valence-corrected chi connectivity index (χ2v) is 9.15. The topological polar surface area (TPSA) is 95.3 Å². The van der Waals surface area contributed by atoms with Crippen LogP contribution in [0.25, 0.3) is 5.52 Å². The van der Waals surface area contributed by atoms with Crippen LogP contribution in [-0.2, 0) is 0 Å². The van der Waals surface area contributed by atoms with E-state index in [9.17, 15) is 13.6 Å². The van der Waals surface area contributed by atoms with Crippen LogP contribution in [0.1, 0.15) is 59.5 Å². The quantitative estimate of drug-likeness (QED) is 0.483. The highest BCUT2D eigenvalue weighted by Crippen LogP contribution is 2.38. The molecule has 2 fully saturated rings. The van der Waals surface area contributed by atoms with E-state index in [-0.39, 0.29) is 17.9 Å². The third-order valence-corrected chi connectivity index (χ3v) is 7.10. The summed E-state index contributed by atoms with van der Waals surface area (Å²) in [6.07, 6.45) is 5.01. The largest absolute Gasteiger partial charge is 0.364 e. The van der Waals surface area contributed by atoms with Crippen LogP contribution in [0.3, 0.4) is 0 Å². The van der Waals surface area contributed by atoms with Gasteiger partial charge in [-0.1, -0.05) is 0 Å². The molecule has 0 saturated carbocycles. The zero-order valence-corrected chi connectivity index (χ0v) is 18.9. The second kappa shape index (κ2) is 8.71. The Morgan fingerprint density at radius 2 is 1.89 bits per heavy atom. The number of anilines is 1. The molecule has 3 aromatic heterocycles. The number of hydrogen-bond donors (Lipinski definition) is 1. The molecule has 180 valence electrons. The van der Waals surface area contributed by atoms with Gasteiger partial charge in [0.05, 0.1) is 11.6 Å². The molecule has 0 bridgehead atoms. The van der Waals surface area contributed by atoms with Crippen molar-refractivity contribution in [2.45, 2.75) is 37.6 Å². The van der Waals surface area contributed by atoms with Gasteiger partial charge in [-0.15, -0.1) is 5.10 Å². The molecular formula is C24H24F2N8O. The fraction of sp³-hybridized carbons (Fsp3) is 0.375. The summed E-state index contributed by atoms with van der Waals surface area (Å²) >= 11 is 0. The Bertz CT molecular complexity index is 1360. The smallest absolute Gasteiger partial charge is 0.274 e. The summed E-state index contributed by atoms with van der Waals surface area (Å²) in [5, 5.41) is 18.6. The molecule has 6 rings (SSSR count). The number of nitrogens with one attached hydrogen (secondary N) is 1. The lowest BCUT2D eigenvalue weighted by molar-refractivity contribution is 0.0704. The molecule has 0 spiro atoms. The highest BCUT2D eigenvalue weighted by atomic mass is 19.1. The van der Waals surface area contributed by atoms with Gasteiger partial charge in [-0.3, -0.25) is 4.79 Å². The fourth-order valence-electron chi connectivity index (χ4n) is 5.29. The van der Waals surface area contributed by atoms with E-state index in [1.54, 1.807) is 10.6 Å². The zero-order chi connectivity index (χ0) is 23.9. The summed E-state index contributed by atoms with van der Waals surface area (Å²) in [5.74, 6) is 0.0316. The molecule has 1 atom stereocenters. The lowest BCUT2D eigenvalue weighted by atomic mass is 9.96. The number of benzene rings is 1. The Balaban J connectivity index is 1.21. The van der Waals surface area contributed by atoms with E-state index in [2.05, 4.69) is 30.6 Å². The highest BCUT2D eigenvalue weighted by Gasteiger charge is 2.30. The number of nitrogens with zero attached hydrogens (tertiary/aromatic N) is 7. The molecule has 5 heterocycles. The molecule has 9 nitrogen and oxygen atoms in total. The Morgan fingerprint density at radius 1 is 1.03 bits per heavy atom. The van der Waals surface area contributed by atoms with Crippen LogP contribution < -0.4 is 4.90 Å². The van der Waals surface area contributed by atoms with Crippen molar-refractivity contribution in [3.63, 3.8) is 0 Å². The number of tetrazole rings is 1. The first-order chi connectivity index (χ1) is 17.1. The SMILES string of the molecule is O=C(c1cc2cc(N3CCC[C@@H]3c3cc(F)ccc3F)ccn2n1)N1CCC(c2nnn[nH]2)CC1. The molecule has 35 heavy (non-hydrogen) atoms. The minimum atomic E-state index is -0.441. The molecule has 2 aliphatic heterocycles. The van der Waals surface area contributed by atoms with E-state index in [4.69, 9.17) is 0 Å². The predicted molar refractivity (Wildman–Crippen MR) is 123 cm³/mol. The number of aromatic amines is 1. The van der Waals surface area contributed by atoms with Gasteiger partial charge in [-0.2, -0.15) is 5.10 Å². The normalized spacial score (nSPS) is 19.1. The van der Waals surface area contributed by atoms with Crippen molar-refractivity contribution < 1.29 is 13.6 Å². The van der Waals surface area contributed by atoms with Crippen LogP contribution in [0.5, 0.6) is 0 Å². The molecule has 0 aliphatic carbocycles. The number of rotatable bonds is 4. The third-order valence-electron chi connectivity index (χ3n) is 7.10. The monoisotopic (exact) mass is 478 g/mol. The molecule has 4 aromatic rings. The van der Waals surface area contributed by atoms with Gasteiger partial charge in [0.2, 0.25) is 0 Å². The van der Waals surface area contributed by atoms with Crippen molar-refractivity contribution in [1.82, 2.24) is 35.1 Å². The number of halogens is 2. The summed E-state index contributed by atoms with van der Waals surface area (Å²) in [4.78, 5) is 17.0. The predicted octanol–water partition coefficient (Wildman–Crippen LogP) is 3.49. The number of pyridine rings is 1. The summed E-state index contributed by atoms with van der Waals surface area (Å²) in [5.41, 5.74) is 2.43. The fourth-order valence-corrected chi connectivity index (χ4v) is 5.29. The minimum absolute atomic E-state index is 0.106. The van der Waals surface area contributed by atoms with E-state index in [0.29, 0.717) is 24.3 Å². The minimum Gasteiger partial charge on any atom is -0.364 e. The molecule has 1 N–H and O–H groups in total. The third kappa shape index (κ3) is 4.00. The van der Waals surface area contributed by atoms with Gasteiger partial charge in [-0.25, -0.2) is 18.4 Å². The standard InChI is InChI=1S/C24H24F2N8O/c25-16-3-4-20(26)19(12-16)22-2-1-8-33(22)17-7-11-34-18(13-17)14-21(29-34)24(35)32-9-5-15(6-10-32)23-27-30-31-28-23/h3-4,7,11-15,22H,1-2,5-6,8-10H2,(H,27,28,30,31)/t22-/m1/s1. The number of likely N-dealkylation sites (tertiary alicyclic amines) is 1. The number of H-pyrrole nitrogens is 1. The molecule has 1 aromatic carbocycles. The number of carbonyl (C=O) groups is 1. The van der Waals surface area contributed by atoms with Crippen LogP contribution in [0.4, 0.5) is 14.5 Å². The van der Waals surface area contributed by atoms with E-state index >= 15 is 0 Å². The number of aromatic nitrogens is 6. The Morgan fingerprint density at radius 3 is 2.69 bits per heavy atom. The molecule has 0 radical (unpaired) electrons. The van der Waals surface area contributed by atoms with Gasteiger partial charge in [0.15, 0.2) is 11.5 Å². The Kier molecular flexibility index (Phi) is 5.39. The van der Waals surface area contributed by atoms with Crippen LogP contribution in [-0.4, -0.2) is 60.7 Å². The van der Waals surface area contributed by atoms with E-state index in [0.717, 1.165) is 55.3 Å². The van der Waals surface area contributed by atoms with Gasteiger partial charge < -0.3 is 9.80 Å². The maximum atomic E-state index is 14.5. The lowest BCUT2D eigenvalue weighted by Crippen LogP contribution is -2.38. The van der Waals surface area contributed by atoms with Gasteiger partial charge >= 0.3 is 0 Å². The molecule has 2 saturated heterocycles. The molecule has 2 aliphatic rings. The van der Waals surface area contributed by atoms with Crippen molar-refractivity contribution in [1.29, 1.82) is 0 Å². The van der Waals surface area contributed by atoms with Crippen LogP contribution in [0.15, 0.2) is 42.6 Å². The van der Waals surface area contributed by atoms with Crippen LogP contribution >= 0.6 is 0 Å². The summed E-state index contributed by atoms with van der Waals surface area (Å²) in [6, 6.07) is 9.01. The van der Waals surface area contributed by atoms with Crippen LogP contribution in [0.2, 0.25) is 0 Å². The Hall–Kier alpha value is -3.89. The summed E-state index contributed by atoms with van der Waals surface area (Å²) in [6.45, 7) is 1.96. The van der Waals surface area contributed by atoms with Crippen molar-refractivity contribution in [3.05, 3.63) is 71.3 Å². The van der Waals surface area contributed by atoms with Gasteiger partial charge in [0.25, 0.3) is 5.91 Å². The van der Waals surface area contributed by atoms with Crippen molar-refractivity contribution in [2.24, 2.45) is 0 Å². The Labute approximate surface area is 199 Å². The molecular weight excluding hydrogens is 454 g/mol. The number of carbonyl (C=O) groups excluding carboxylic acids is 1. The lowest BCUT2D eigenvalue weighted by Gasteiger charge is -2.30. The first-order valence-corrected chi connectivity index (χ1v) is 11.8. The zero-order valence-electron chi connectivity index (χ0n) is 18.9. The number of hydrogen-bond acceptors (Lipinski definition) is 6. The second-order valence-electron chi connectivity index (χ2n) is 9.15. The average Bonchev–Trinajstić information content (AvgIpc) is 3.65. The highest BCUT2D eigenvalue weighted by molar-refractivity contribution is 5.93. The van der Waals surface area contributed by atoms with Crippen molar-refractivity contribution >= 4 is 17.1 Å². The number of fused-ring (bicyclic) bond motifs is 1. The van der Waals surface area contributed by atoms with E-state index in [1.165, 1.54) is 12.1 Å². The first kappa shape index (κ1) is 21.6. The maximum absolute atomic E-state index is 14.5. The van der Waals surface area contributed by atoms with Gasteiger partial charge in [-0.05, 0) is 72.5 Å². The summed E-state index contributed by atoms with van der Waals surface area (Å²) < 4.78 is 30.0. The molecule has 11 heteroatoms. The number of piperidine rings is 1. The first-order valence-electron chi connectivity index (χ1n) is 11.8. The molecule has 1 amide bonds. The van der Waals surface area contributed by atoms with E-state index in [1.807, 2.05) is 23.2 Å².